The van der Waals surface area contributed by atoms with Gasteiger partial charge in [-0.05, 0) is 130 Å². The molecule has 0 saturated heterocycles. The summed E-state index contributed by atoms with van der Waals surface area (Å²) in [7, 11) is 0. The van der Waals surface area contributed by atoms with Crippen molar-refractivity contribution >= 4 is 58.0 Å². The summed E-state index contributed by atoms with van der Waals surface area (Å²) < 4.78 is 8.91. The maximum Gasteiger partial charge on any atom is 0.312 e. The van der Waals surface area contributed by atoms with Crippen molar-refractivity contribution in [2.75, 3.05) is 6.61 Å². The number of fused-ring (bicyclic) bond motifs is 1. The number of hydrogen-bond donors (Lipinski definition) is 1. The molecule has 2 aromatic carbocycles. The van der Waals surface area contributed by atoms with Crippen LogP contribution in [0.5, 0.6) is 0 Å². The fourth-order valence-electron chi connectivity index (χ4n) is 6.86. The Bertz CT molecular complexity index is 2660. The molecule has 0 aliphatic rings. The maximum absolute atomic E-state index is 13.8. The monoisotopic (exact) mass is 1070 g/mol. The first-order chi connectivity index (χ1) is 31.9. The fraction of sp³-hybridized carbons (Fsp3) is 0.458. The third-order valence-electron chi connectivity index (χ3n) is 11.6. The van der Waals surface area contributed by atoms with Gasteiger partial charge in [-0.25, -0.2) is 0 Å². The molecule has 0 radical (unpaired) electrons. The van der Waals surface area contributed by atoms with E-state index in [1.165, 1.54) is 5.56 Å². The van der Waals surface area contributed by atoms with E-state index in [0.717, 1.165) is 27.9 Å². The highest BCUT2D eigenvalue weighted by Crippen LogP contribution is 2.37. The van der Waals surface area contributed by atoms with E-state index in [2.05, 4.69) is 68.2 Å². The van der Waals surface area contributed by atoms with Crippen molar-refractivity contribution in [1.29, 1.82) is 0 Å². The number of ether oxygens (including phenoxy) is 1. The van der Waals surface area contributed by atoms with Crippen LogP contribution >= 0.6 is 23.2 Å². The topological polar surface area (TPSA) is 123 Å². The number of aromatic nitrogens is 2. The first-order valence-electron chi connectivity index (χ1n) is 23.6. The van der Waals surface area contributed by atoms with Crippen molar-refractivity contribution in [2.45, 2.75) is 149 Å². The van der Waals surface area contributed by atoms with Gasteiger partial charge in [-0.1, -0.05) is 118 Å². The molecular formula is C59H77BrCl2N2O7. The summed E-state index contributed by atoms with van der Waals surface area (Å²) in [6.07, 6.45) is 7.08. The first kappa shape index (κ1) is 63.9. The molecule has 71 heavy (non-hydrogen) atoms. The molecule has 5 aromatic rings. The van der Waals surface area contributed by atoms with Gasteiger partial charge in [-0.3, -0.25) is 24.0 Å². The lowest BCUT2D eigenvalue weighted by atomic mass is 9.79. The van der Waals surface area contributed by atoms with Crippen molar-refractivity contribution in [3.63, 3.8) is 0 Å². The van der Waals surface area contributed by atoms with E-state index >= 15 is 0 Å². The van der Waals surface area contributed by atoms with Crippen molar-refractivity contribution in [1.82, 2.24) is 4.40 Å². The van der Waals surface area contributed by atoms with E-state index in [1.807, 2.05) is 89.0 Å². The molecule has 0 bridgehead atoms. The second kappa shape index (κ2) is 27.1. The van der Waals surface area contributed by atoms with Crippen molar-refractivity contribution in [3.05, 3.63) is 141 Å². The van der Waals surface area contributed by atoms with E-state index in [9.17, 15) is 29.1 Å². The summed E-state index contributed by atoms with van der Waals surface area (Å²) in [5, 5.41) is 11.2. The van der Waals surface area contributed by atoms with Gasteiger partial charge >= 0.3 is 11.9 Å². The Kier molecular flexibility index (Phi) is 24.4. The Hall–Kier alpha value is -5.08. The summed E-state index contributed by atoms with van der Waals surface area (Å²) >= 11 is 11.9. The van der Waals surface area contributed by atoms with Crippen LogP contribution in [0.15, 0.2) is 91.4 Å². The smallest absolute Gasteiger partial charge is 0.312 e. The minimum Gasteiger partial charge on any atom is -1.00 e. The zero-order valence-corrected chi connectivity index (χ0v) is 46.9. The summed E-state index contributed by atoms with van der Waals surface area (Å²) in [6, 6.07) is 22.9. The molecule has 3 heterocycles. The average Bonchev–Trinajstić information content (AvgIpc) is 3.54. The number of aliphatic carboxylic acids is 1. The van der Waals surface area contributed by atoms with Gasteiger partial charge in [0, 0.05) is 68.9 Å². The van der Waals surface area contributed by atoms with Crippen LogP contribution < -0.4 is 21.5 Å². The molecule has 0 atom stereocenters. The summed E-state index contributed by atoms with van der Waals surface area (Å²) in [5.41, 5.74) is 4.67. The standard InChI is InChI=1S/C28H34ClNO3.C16H17ClNO.C14H22O3.CH4.BrH/c1-17(2)19-12-13-30-22(14-18-8-10-20(29)11-9-18)21(16-28(6,7)26(32)33)24(23(30)15-19)25(31)27(3,4)5;1-12(2)13-7-9-18(10-8-13)11-16(19)14-3-5-15(17)6-4-14;1-7-17-12(16)14(5,6)10-8-9-11(15)13(2,3)4;;/h8-13,15,17H,14,16H2,1-7H3,(H,32,33);3-10,12H,11H2,1-2H3;7,10H2,1-6H3;1H4;1H/q;+1;;;/p-1. The quantitative estimate of drug-likeness (QED) is 0.0386. The average molecular weight is 1080 g/mol. The molecule has 12 heteroatoms. The number of carboxylic acid groups (broad SMARTS) is 1. The molecular weight excluding hydrogens is 999 g/mol. The first-order valence-corrected chi connectivity index (χ1v) is 24.3. The Balaban J connectivity index is 0.000000569. The van der Waals surface area contributed by atoms with E-state index in [0.29, 0.717) is 59.0 Å². The van der Waals surface area contributed by atoms with Crippen LogP contribution in [0.2, 0.25) is 10.0 Å². The Morgan fingerprint density at radius 2 is 1.25 bits per heavy atom. The molecule has 0 aliphatic carbocycles. The molecule has 3 aromatic heterocycles. The minimum atomic E-state index is -1.02. The van der Waals surface area contributed by atoms with E-state index in [4.69, 9.17) is 27.9 Å². The number of pyridine rings is 2. The third-order valence-corrected chi connectivity index (χ3v) is 12.1. The highest BCUT2D eigenvalue weighted by molar-refractivity contribution is 6.31. The predicted molar refractivity (Wildman–Crippen MR) is 285 cm³/mol. The Morgan fingerprint density at radius 3 is 1.72 bits per heavy atom. The van der Waals surface area contributed by atoms with Crippen molar-refractivity contribution in [2.24, 2.45) is 21.7 Å². The van der Waals surface area contributed by atoms with Gasteiger partial charge in [-0.2, -0.15) is 4.57 Å². The lowest BCUT2D eigenvalue weighted by Gasteiger charge is -2.23. The zero-order chi connectivity index (χ0) is 52.2. The van der Waals surface area contributed by atoms with Gasteiger partial charge in [0.1, 0.15) is 0 Å². The molecule has 1 N–H and O–H groups in total. The minimum absolute atomic E-state index is 0. The number of carboxylic acids is 1. The summed E-state index contributed by atoms with van der Waals surface area (Å²) in [6.45, 7) is 29.2. The number of benzene rings is 2. The molecule has 0 unspecified atom stereocenters. The number of carbonyl (C=O) groups excluding carboxylic acids is 4. The molecule has 386 valence electrons. The lowest BCUT2D eigenvalue weighted by molar-refractivity contribution is -0.683. The van der Waals surface area contributed by atoms with Crippen LogP contribution in [0, 0.1) is 33.5 Å². The van der Waals surface area contributed by atoms with Crippen LogP contribution in [-0.4, -0.2) is 45.4 Å². The molecule has 9 nitrogen and oxygen atoms in total. The van der Waals surface area contributed by atoms with Gasteiger partial charge in [0.05, 0.1) is 23.0 Å². The molecule has 0 saturated carbocycles. The van der Waals surface area contributed by atoms with E-state index in [1.54, 1.807) is 58.9 Å². The highest BCUT2D eigenvalue weighted by atomic mass is 79.9. The van der Waals surface area contributed by atoms with E-state index < -0.39 is 27.6 Å². The number of nitrogens with zero attached hydrogens (tertiary/aromatic N) is 2. The molecule has 0 spiro atoms. The van der Waals surface area contributed by atoms with Crippen LogP contribution in [0.3, 0.4) is 0 Å². The fourth-order valence-corrected chi connectivity index (χ4v) is 7.11. The molecule has 5 rings (SSSR count). The number of halogens is 3. The van der Waals surface area contributed by atoms with Gasteiger partial charge in [0.15, 0.2) is 18.2 Å². The SMILES string of the molecule is C.CC(C)c1cc[n+](CC(=O)c2ccc(Cl)cc2)cc1.CC(C)c1ccn2c(Cc3ccc(Cl)cc3)c(CC(C)(C)C(=O)O)c(C(=O)C(C)(C)C)c2c1.CCOC(=O)C(C)(C)CC#CC(=O)C(C)(C)C.[Br-]. The number of esters is 1. The molecule has 0 fully saturated rings. The van der Waals surface area contributed by atoms with Gasteiger partial charge in [0.25, 0.3) is 0 Å². The number of rotatable bonds is 14. The van der Waals surface area contributed by atoms with Gasteiger partial charge < -0.3 is 31.2 Å². The number of ketones is 3. The normalized spacial score (nSPS) is 11.4. The maximum atomic E-state index is 13.8. The Morgan fingerprint density at radius 1 is 0.732 bits per heavy atom. The number of Topliss-reactive ketones (excluding diaryl/α,β-unsaturated/α-hetero) is 3. The van der Waals surface area contributed by atoms with Gasteiger partial charge in [0.2, 0.25) is 18.1 Å². The van der Waals surface area contributed by atoms with Crippen LogP contribution in [-0.2, 0) is 38.5 Å². The van der Waals surface area contributed by atoms with Gasteiger partial charge in [-0.15, -0.1) is 0 Å². The van der Waals surface area contributed by atoms with Crippen LogP contribution in [0.25, 0.3) is 5.52 Å². The predicted octanol–water partition coefficient (Wildman–Crippen LogP) is 11.0. The largest absolute Gasteiger partial charge is 1.00 e. The summed E-state index contributed by atoms with van der Waals surface area (Å²) in [5.74, 6) is 4.99. The second-order valence-corrected chi connectivity index (χ2v) is 22.3. The summed E-state index contributed by atoms with van der Waals surface area (Å²) in [4.78, 5) is 61.0. The van der Waals surface area contributed by atoms with Crippen LogP contribution in [0.4, 0.5) is 0 Å². The van der Waals surface area contributed by atoms with Crippen molar-refractivity contribution in [3.8, 4) is 11.8 Å². The van der Waals surface area contributed by atoms with Crippen LogP contribution in [0.1, 0.15) is 178 Å². The third kappa shape index (κ3) is 18.8. The van der Waals surface area contributed by atoms with Crippen molar-refractivity contribution < 1.29 is 55.4 Å². The second-order valence-electron chi connectivity index (χ2n) is 21.5. The lowest BCUT2D eigenvalue weighted by Crippen LogP contribution is -3.00. The zero-order valence-electron chi connectivity index (χ0n) is 43.8. The molecule has 0 amide bonds. The van der Waals surface area contributed by atoms with E-state index in [-0.39, 0.29) is 54.1 Å². The highest BCUT2D eigenvalue weighted by Gasteiger charge is 2.36. The Labute approximate surface area is 444 Å². The number of carbonyl (C=O) groups is 5. The number of hydrogen-bond acceptors (Lipinski definition) is 6. The molecule has 0 aliphatic heterocycles.